The lowest BCUT2D eigenvalue weighted by Gasteiger charge is -2.07. The summed E-state index contributed by atoms with van der Waals surface area (Å²) < 4.78 is 5.91. The maximum atomic E-state index is 9.33. The maximum absolute atomic E-state index is 9.33. The van der Waals surface area contributed by atoms with Crippen LogP contribution in [-0.2, 0) is 0 Å². The highest BCUT2D eigenvalue weighted by Crippen LogP contribution is 2.35. The largest absolute Gasteiger partial charge is 0.494 e. The quantitative estimate of drug-likeness (QED) is 0.494. The van der Waals surface area contributed by atoms with E-state index in [-0.39, 0.29) is 0 Å². The second-order valence-corrected chi connectivity index (χ2v) is 5.89. The van der Waals surface area contributed by atoms with Gasteiger partial charge in [-0.2, -0.15) is 5.26 Å². The zero-order valence-corrected chi connectivity index (χ0v) is 14.1. The molecule has 0 radical (unpaired) electrons. The van der Waals surface area contributed by atoms with Crippen molar-refractivity contribution in [1.82, 2.24) is 0 Å². The van der Waals surface area contributed by atoms with Crippen LogP contribution in [0.15, 0.2) is 40.9 Å². The Labute approximate surface area is 141 Å². The molecule has 106 valence electrons. The molecule has 0 bridgehead atoms. The molecule has 0 aliphatic carbocycles. The molecular weight excluding hydrogens is 373 g/mol. The zero-order valence-electron chi connectivity index (χ0n) is 11.0. The number of methoxy groups -OCH3 is 1. The summed E-state index contributed by atoms with van der Waals surface area (Å²) in [6, 6.07) is 12.9. The van der Waals surface area contributed by atoms with Gasteiger partial charge >= 0.3 is 0 Å². The minimum Gasteiger partial charge on any atom is -0.494 e. The third-order valence-electron chi connectivity index (χ3n) is 2.81. The van der Waals surface area contributed by atoms with Crippen molar-refractivity contribution in [3.63, 3.8) is 0 Å². The van der Waals surface area contributed by atoms with E-state index >= 15 is 0 Å². The highest BCUT2D eigenvalue weighted by atomic mass is 79.9. The minimum atomic E-state index is 0.478. The van der Waals surface area contributed by atoms with Crippen LogP contribution in [0.2, 0.25) is 10.0 Å². The number of hydrogen-bond donors (Lipinski definition) is 0. The summed E-state index contributed by atoms with van der Waals surface area (Å²) in [4.78, 5) is 0. The monoisotopic (exact) mass is 381 g/mol. The van der Waals surface area contributed by atoms with Gasteiger partial charge in [0.15, 0.2) is 5.75 Å². The number of rotatable bonds is 3. The van der Waals surface area contributed by atoms with Crippen LogP contribution in [0.1, 0.15) is 11.1 Å². The predicted octanol–water partition coefficient (Wildman–Crippen LogP) is 5.83. The molecule has 0 heterocycles. The van der Waals surface area contributed by atoms with E-state index in [1.54, 1.807) is 43.5 Å². The second kappa shape index (κ2) is 7.00. The van der Waals surface area contributed by atoms with Gasteiger partial charge in [-0.15, -0.1) is 0 Å². The van der Waals surface area contributed by atoms with Crippen molar-refractivity contribution in [2.45, 2.75) is 0 Å². The molecule has 0 aromatic heterocycles. The summed E-state index contributed by atoms with van der Waals surface area (Å²) in [7, 11) is 1.55. The molecule has 0 aliphatic rings. The topological polar surface area (TPSA) is 33.0 Å². The Morgan fingerprint density at radius 1 is 1.24 bits per heavy atom. The fraction of sp³-hybridized carbons (Fsp3) is 0.0625. The highest BCUT2D eigenvalue weighted by molar-refractivity contribution is 9.10. The normalized spacial score (nSPS) is 11.1. The Balaban J connectivity index is 2.46. The molecular formula is C16H10BrCl2NO. The summed E-state index contributed by atoms with van der Waals surface area (Å²) in [6.45, 7) is 0. The zero-order chi connectivity index (χ0) is 15.4. The van der Waals surface area contributed by atoms with E-state index in [0.717, 1.165) is 15.6 Å². The number of benzene rings is 2. The highest BCUT2D eigenvalue weighted by Gasteiger charge is 2.08. The predicted molar refractivity (Wildman–Crippen MR) is 90.6 cm³/mol. The average Bonchev–Trinajstić information content (AvgIpc) is 2.45. The molecule has 2 aromatic rings. The van der Waals surface area contributed by atoms with Crippen LogP contribution in [0, 0.1) is 11.3 Å². The lowest BCUT2D eigenvalue weighted by molar-refractivity contribution is 0.412. The van der Waals surface area contributed by atoms with Crippen LogP contribution < -0.4 is 4.74 Å². The van der Waals surface area contributed by atoms with E-state index in [4.69, 9.17) is 27.9 Å². The van der Waals surface area contributed by atoms with Crippen LogP contribution in [0.3, 0.4) is 0 Å². The van der Waals surface area contributed by atoms with Crippen LogP contribution >= 0.6 is 39.1 Å². The van der Waals surface area contributed by atoms with Gasteiger partial charge in [-0.25, -0.2) is 0 Å². The third-order valence-corrected chi connectivity index (χ3v) is 3.93. The first-order valence-corrected chi connectivity index (χ1v) is 7.51. The van der Waals surface area contributed by atoms with Crippen molar-refractivity contribution in [1.29, 1.82) is 5.26 Å². The summed E-state index contributed by atoms with van der Waals surface area (Å²) in [5, 5.41) is 10.4. The van der Waals surface area contributed by atoms with Gasteiger partial charge < -0.3 is 4.74 Å². The molecule has 2 nitrogen and oxygen atoms in total. The first kappa shape index (κ1) is 15.9. The number of halogens is 3. The minimum absolute atomic E-state index is 0.478. The van der Waals surface area contributed by atoms with Crippen molar-refractivity contribution < 1.29 is 4.74 Å². The fourth-order valence-electron chi connectivity index (χ4n) is 1.83. The van der Waals surface area contributed by atoms with E-state index < -0.39 is 0 Å². The van der Waals surface area contributed by atoms with Gasteiger partial charge in [0.05, 0.1) is 28.2 Å². The van der Waals surface area contributed by atoms with Crippen LogP contribution in [0.4, 0.5) is 0 Å². The number of nitriles is 1. The molecule has 2 aromatic carbocycles. The summed E-state index contributed by atoms with van der Waals surface area (Å²) in [6.07, 6.45) is 1.76. The van der Waals surface area contributed by atoms with Gasteiger partial charge in [0, 0.05) is 5.02 Å². The van der Waals surface area contributed by atoms with E-state index in [1.807, 2.05) is 6.07 Å². The van der Waals surface area contributed by atoms with E-state index in [9.17, 15) is 5.26 Å². The van der Waals surface area contributed by atoms with Crippen molar-refractivity contribution in [3.05, 3.63) is 62.0 Å². The summed E-state index contributed by atoms with van der Waals surface area (Å²) in [5.41, 5.74) is 2.13. The smallest absolute Gasteiger partial charge is 0.151 e. The van der Waals surface area contributed by atoms with Crippen molar-refractivity contribution >= 4 is 50.8 Å². The molecule has 0 amide bonds. The Kier molecular flexibility index (Phi) is 5.30. The molecule has 2 rings (SSSR count). The Bertz CT molecular complexity index is 710. The lowest BCUT2D eigenvalue weighted by Crippen LogP contribution is -1.88. The van der Waals surface area contributed by atoms with E-state index in [2.05, 4.69) is 22.0 Å². The number of hydrogen-bond acceptors (Lipinski definition) is 2. The van der Waals surface area contributed by atoms with Gasteiger partial charge in [-0.3, -0.25) is 0 Å². The first-order chi connectivity index (χ1) is 10.0. The molecule has 0 fully saturated rings. The fourth-order valence-corrected chi connectivity index (χ4v) is 3.02. The van der Waals surface area contributed by atoms with Gasteiger partial charge in [-0.1, -0.05) is 35.3 Å². The van der Waals surface area contributed by atoms with Gasteiger partial charge in [-0.05, 0) is 57.4 Å². The molecule has 5 heteroatoms. The number of nitrogens with zero attached hydrogens (tertiary/aromatic N) is 1. The molecule has 0 aliphatic heterocycles. The molecule has 0 atom stereocenters. The molecule has 0 spiro atoms. The van der Waals surface area contributed by atoms with E-state index in [0.29, 0.717) is 21.4 Å². The average molecular weight is 383 g/mol. The Morgan fingerprint density at radius 2 is 1.90 bits per heavy atom. The van der Waals surface area contributed by atoms with E-state index in [1.165, 1.54) is 0 Å². The number of allylic oxidation sites excluding steroid dienone is 1. The summed E-state index contributed by atoms with van der Waals surface area (Å²) in [5.74, 6) is 0.568. The molecule has 0 saturated heterocycles. The molecule has 0 unspecified atom stereocenters. The Morgan fingerprint density at radius 3 is 2.43 bits per heavy atom. The lowest BCUT2D eigenvalue weighted by atomic mass is 10.0. The van der Waals surface area contributed by atoms with Crippen LogP contribution in [0.25, 0.3) is 11.6 Å². The SMILES string of the molecule is COc1c(Cl)cc(C=C(C#N)c2ccc(Cl)cc2)cc1Br. The van der Waals surface area contributed by atoms with Gasteiger partial charge in [0.2, 0.25) is 0 Å². The molecule has 21 heavy (non-hydrogen) atoms. The number of ether oxygens (including phenoxy) is 1. The standard InChI is InChI=1S/C16H10BrCl2NO/c1-21-16-14(17)7-10(8-15(16)19)6-12(9-20)11-2-4-13(18)5-3-11/h2-8H,1H3. The van der Waals surface area contributed by atoms with Crippen molar-refractivity contribution in [3.8, 4) is 11.8 Å². The van der Waals surface area contributed by atoms with Crippen molar-refractivity contribution in [2.75, 3.05) is 7.11 Å². The molecule has 0 N–H and O–H groups in total. The van der Waals surface area contributed by atoms with Crippen LogP contribution in [-0.4, -0.2) is 7.11 Å². The van der Waals surface area contributed by atoms with Gasteiger partial charge in [0.25, 0.3) is 0 Å². The third kappa shape index (κ3) is 3.79. The summed E-state index contributed by atoms with van der Waals surface area (Å²) >= 11 is 15.4. The van der Waals surface area contributed by atoms with Crippen molar-refractivity contribution in [2.24, 2.45) is 0 Å². The van der Waals surface area contributed by atoms with Gasteiger partial charge in [0.1, 0.15) is 0 Å². The molecule has 0 saturated carbocycles. The maximum Gasteiger partial charge on any atom is 0.151 e. The Hall–Kier alpha value is -1.47. The second-order valence-electron chi connectivity index (χ2n) is 4.19. The first-order valence-electron chi connectivity index (χ1n) is 5.96. The van der Waals surface area contributed by atoms with Crippen LogP contribution in [0.5, 0.6) is 5.75 Å².